The van der Waals surface area contributed by atoms with Gasteiger partial charge in [0.15, 0.2) is 0 Å². The van der Waals surface area contributed by atoms with Crippen molar-refractivity contribution in [3.63, 3.8) is 0 Å². The van der Waals surface area contributed by atoms with E-state index in [4.69, 9.17) is 14.7 Å². The second-order valence-electron chi connectivity index (χ2n) is 14.1. The van der Waals surface area contributed by atoms with Crippen molar-refractivity contribution < 1.29 is 9.84 Å². The predicted molar refractivity (Wildman–Crippen MR) is 231 cm³/mol. The quantitative estimate of drug-likeness (QED) is 0.167. The minimum Gasteiger partial charge on any atom is -0.390 e. The first-order valence-corrected chi connectivity index (χ1v) is 19.6. The number of aliphatic imine (C=N–C) groups is 2. The standard InChI is InChI=1S/C26H23N3O.C24H19N3O/c1-2-30-17-23-25-16-27-26(20-11-7-4-8-12-20)22-15-21(19-9-5-3-6-10-19)13-14-24(22)29(25)18-28-23;28-15-21-23-14-25-24(18-9-5-2-6-10-18)20-13-19(17-7-3-1-4-8-17)11-12-22(20)27(23)16-26-21/h3-15,18H,2,16-17H2,1H3;1-13,16,28H,14-15H2. The van der Waals surface area contributed by atoms with E-state index in [0.717, 1.165) is 67.7 Å². The third-order valence-corrected chi connectivity index (χ3v) is 10.6. The molecule has 6 aromatic carbocycles. The topological polar surface area (TPSA) is 89.8 Å². The van der Waals surface area contributed by atoms with Gasteiger partial charge in [-0.05, 0) is 53.4 Å². The molecule has 0 radical (unpaired) electrons. The molecule has 58 heavy (non-hydrogen) atoms. The van der Waals surface area contributed by atoms with Gasteiger partial charge in [-0.15, -0.1) is 0 Å². The van der Waals surface area contributed by atoms with Crippen LogP contribution in [0, 0.1) is 0 Å². The first-order chi connectivity index (χ1) is 28.7. The monoisotopic (exact) mass is 758 g/mol. The molecule has 0 saturated carbocycles. The number of rotatable bonds is 8. The molecule has 284 valence electrons. The summed E-state index contributed by atoms with van der Waals surface area (Å²) in [5.74, 6) is 0. The number of benzene rings is 6. The molecule has 2 aromatic heterocycles. The van der Waals surface area contributed by atoms with Crippen LogP contribution in [-0.2, 0) is 31.0 Å². The second-order valence-corrected chi connectivity index (χ2v) is 14.1. The van der Waals surface area contributed by atoms with Crippen LogP contribution < -0.4 is 0 Å². The highest BCUT2D eigenvalue weighted by Gasteiger charge is 2.24. The van der Waals surface area contributed by atoms with Gasteiger partial charge in [-0.25, -0.2) is 9.97 Å². The number of imidazole rings is 2. The van der Waals surface area contributed by atoms with Crippen molar-refractivity contribution in [2.75, 3.05) is 6.61 Å². The zero-order valence-corrected chi connectivity index (χ0v) is 32.2. The summed E-state index contributed by atoms with van der Waals surface area (Å²) in [7, 11) is 0. The van der Waals surface area contributed by atoms with Crippen molar-refractivity contribution in [1.82, 2.24) is 19.1 Å². The molecule has 0 amide bonds. The Kier molecular flexibility index (Phi) is 10.5. The van der Waals surface area contributed by atoms with Crippen molar-refractivity contribution in [1.29, 1.82) is 0 Å². The first-order valence-electron chi connectivity index (χ1n) is 19.6. The van der Waals surface area contributed by atoms with E-state index in [0.29, 0.717) is 32.0 Å². The highest BCUT2D eigenvalue weighted by Crippen LogP contribution is 2.33. The summed E-state index contributed by atoms with van der Waals surface area (Å²) >= 11 is 0. The van der Waals surface area contributed by atoms with Crippen molar-refractivity contribution in [3.8, 4) is 33.6 Å². The van der Waals surface area contributed by atoms with Gasteiger partial charge >= 0.3 is 0 Å². The Balaban J connectivity index is 0.000000151. The van der Waals surface area contributed by atoms with E-state index in [1.165, 1.54) is 16.7 Å². The molecule has 10 rings (SSSR count). The molecule has 0 fully saturated rings. The first kappa shape index (κ1) is 36.6. The number of aromatic nitrogens is 4. The number of aliphatic hydroxyl groups is 1. The third-order valence-electron chi connectivity index (χ3n) is 10.6. The molecule has 2 aliphatic rings. The fraction of sp³-hybridized carbons (Fsp3) is 0.120. The van der Waals surface area contributed by atoms with E-state index in [2.05, 4.69) is 140 Å². The molecule has 0 bridgehead atoms. The highest BCUT2D eigenvalue weighted by atomic mass is 16.5. The largest absolute Gasteiger partial charge is 0.390 e. The molecule has 0 aliphatic carbocycles. The Labute approximate surface area is 338 Å². The van der Waals surface area contributed by atoms with Crippen LogP contribution in [0.5, 0.6) is 0 Å². The Morgan fingerprint density at radius 2 is 0.914 bits per heavy atom. The van der Waals surface area contributed by atoms with E-state index in [1.54, 1.807) is 6.33 Å². The summed E-state index contributed by atoms with van der Waals surface area (Å²) < 4.78 is 9.85. The minimum atomic E-state index is -0.0873. The van der Waals surface area contributed by atoms with Crippen LogP contribution >= 0.6 is 0 Å². The molecule has 0 unspecified atom stereocenters. The Bertz CT molecular complexity index is 2740. The Morgan fingerprint density at radius 3 is 1.34 bits per heavy atom. The molecule has 4 heterocycles. The van der Waals surface area contributed by atoms with Gasteiger partial charge in [0, 0.05) is 28.9 Å². The summed E-state index contributed by atoms with van der Waals surface area (Å²) in [5.41, 5.74) is 16.8. The van der Waals surface area contributed by atoms with Gasteiger partial charge in [-0.1, -0.05) is 133 Å². The van der Waals surface area contributed by atoms with Crippen LogP contribution in [0.25, 0.3) is 33.6 Å². The van der Waals surface area contributed by atoms with Crippen LogP contribution in [0.15, 0.2) is 180 Å². The molecule has 0 atom stereocenters. The normalized spacial score (nSPS) is 12.7. The van der Waals surface area contributed by atoms with Gasteiger partial charge in [0.1, 0.15) is 0 Å². The van der Waals surface area contributed by atoms with Gasteiger partial charge in [-0.3, -0.25) is 9.98 Å². The highest BCUT2D eigenvalue weighted by molar-refractivity contribution is 6.16. The van der Waals surface area contributed by atoms with Crippen LogP contribution in [0.3, 0.4) is 0 Å². The average molecular weight is 759 g/mol. The maximum absolute atomic E-state index is 9.67. The van der Waals surface area contributed by atoms with Crippen LogP contribution in [-0.4, -0.2) is 42.2 Å². The molecule has 8 aromatic rings. The van der Waals surface area contributed by atoms with E-state index in [1.807, 2.05) is 49.6 Å². The number of nitrogens with zero attached hydrogens (tertiary/aromatic N) is 6. The van der Waals surface area contributed by atoms with E-state index < -0.39 is 0 Å². The molecule has 1 N–H and O–H groups in total. The number of aliphatic hydroxyl groups excluding tert-OH is 1. The fourth-order valence-electron chi connectivity index (χ4n) is 7.68. The van der Waals surface area contributed by atoms with Gasteiger partial charge in [0.2, 0.25) is 0 Å². The number of hydrogen-bond acceptors (Lipinski definition) is 6. The Morgan fingerprint density at radius 1 is 0.500 bits per heavy atom. The summed E-state index contributed by atoms with van der Waals surface area (Å²) in [6.45, 7) is 4.14. The number of fused-ring (bicyclic) bond motifs is 6. The molecule has 8 nitrogen and oxygen atoms in total. The van der Waals surface area contributed by atoms with Crippen LogP contribution in [0.1, 0.15) is 52.0 Å². The predicted octanol–water partition coefficient (Wildman–Crippen LogP) is 9.81. The Hall–Kier alpha value is -7.00. The van der Waals surface area contributed by atoms with Gasteiger partial charge in [0.05, 0.1) is 84.5 Å². The van der Waals surface area contributed by atoms with Gasteiger partial charge in [0.25, 0.3) is 0 Å². The molecule has 0 spiro atoms. The zero-order valence-electron chi connectivity index (χ0n) is 32.2. The van der Waals surface area contributed by atoms with Crippen molar-refractivity contribution in [2.24, 2.45) is 9.98 Å². The third kappa shape index (κ3) is 7.23. The van der Waals surface area contributed by atoms with Crippen molar-refractivity contribution in [3.05, 3.63) is 215 Å². The maximum atomic E-state index is 9.67. The maximum Gasteiger partial charge on any atom is 0.0999 e. The number of hydrogen-bond donors (Lipinski definition) is 1. The van der Waals surface area contributed by atoms with E-state index in [-0.39, 0.29) is 6.61 Å². The lowest BCUT2D eigenvalue weighted by atomic mass is 9.96. The van der Waals surface area contributed by atoms with Gasteiger partial charge in [-0.2, -0.15) is 0 Å². The van der Waals surface area contributed by atoms with Crippen molar-refractivity contribution in [2.45, 2.75) is 33.2 Å². The molecule has 2 aliphatic heterocycles. The van der Waals surface area contributed by atoms with Crippen LogP contribution in [0.2, 0.25) is 0 Å². The average Bonchev–Trinajstić information content (AvgIpc) is 3.81. The number of ether oxygens (including phenoxy) is 1. The fourth-order valence-corrected chi connectivity index (χ4v) is 7.68. The van der Waals surface area contributed by atoms with Crippen LogP contribution in [0.4, 0.5) is 0 Å². The summed E-state index contributed by atoms with van der Waals surface area (Å²) in [6, 6.07) is 54.5. The molecular formula is C50H42N6O2. The van der Waals surface area contributed by atoms with Crippen molar-refractivity contribution >= 4 is 11.4 Å². The van der Waals surface area contributed by atoms with Gasteiger partial charge < -0.3 is 19.0 Å². The molecular weight excluding hydrogens is 717 g/mol. The van der Waals surface area contributed by atoms with E-state index >= 15 is 0 Å². The lowest BCUT2D eigenvalue weighted by Gasteiger charge is -2.14. The lowest BCUT2D eigenvalue weighted by Crippen LogP contribution is -2.07. The molecule has 8 heteroatoms. The SMILES string of the molecule is CCOCc1ncn2c1CN=C(c1ccccc1)c1cc(-c3ccccc3)ccc1-2.OCc1ncn2c1CN=C(c1ccccc1)c1cc(-c3ccccc3)ccc1-2. The summed E-state index contributed by atoms with van der Waals surface area (Å²) in [4.78, 5) is 19.0. The smallest absolute Gasteiger partial charge is 0.0999 e. The molecule has 0 saturated heterocycles. The minimum absolute atomic E-state index is 0.0873. The summed E-state index contributed by atoms with van der Waals surface area (Å²) in [6.07, 6.45) is 3.68. The lowest BCUT2D eigenvalue weighted by molar-refractivity contribution is 0.131. The van der Waals surface area contributed by atoms with E-state index in [9.17, 15) is 5.11 Å². The summed E-state index contributed by atoms with van der Waals surface area (Å²) in [5, 5.41) is 9.67. The zero-order chi connectivity index (χ0) is 39.3. The second kappa shape index (κ2) is 16.6.